The summed E-state index contributed by atoms with van der Waals surface area (Å²) in [7, 11) is -3.88. The number of phenols is 1. The summed E-state index contributed by atoms with van der Waals surface area (Å²) >= 11 is 0. The van der Waals surface area contributed by atoms with Crippen molar-refractivity contribution in [3.63, 3.8) is 0 Å². The molecule has 0 aliphatic heterocycles. The van der Waals surface area contributed by atoms with Crippen molar-refractivity contribution in [3.05, 3.63) is 35.9 Å². The number of hydrogen-bond donors (Lipinski definition) is 3. The molecule has 0 heterocycles. The molecule has 2 aromatic carbocycles. The van der Waals surface area contributed by atoms with Crippen molar-refractivity contribution < 1.29 is 18.3 Å². The fourth-order valence-corrected chi connectivity index (χ4v) is 2.26. The number of rotatable bonds is 2. The molecule has 7 heteroatoms. The second-order valence-electron chi connectivity index (χ2n) is 3.75. The molecule has 0 saturated carbocycles. The number of aromatic hydroxyl groups is 1. The number of amides is 1. The van der Waals surface area contributed by atoms with Gasteiger partial charge in [-0.3, -0.25) is 4.79 Å². The largest absolute Gasteiger partial charge is 0.507 e. The third-order valence-corrected chi connectivity index (χ3v) is 3.46. The number of sulfonamides is 1. The quantitative estimate of drug-likeness (QED) is 0.722. The number of primary amides is 1. The van der Waals surface area contributed by atoms with E-state index in [1.165, 1.54) is 24.3 Å². The number of carbonyl (C=O) groups is 1. The van der Waals surface area contributed by atoms with Gasteiger partial charge >= 0.3 is 0 Å². The molecular formula is C11H10N2O4S. The van der Waals surface area contributed by atoms with E-state index in [-0.39, 0.29) is 21.6 Å². The zero-order valence-electron chi connectivity index (χ0n) is 9.12. The third-order valence-electron chi connectivity index (χ3n) is 2.55. The first kappa shape index (κ1) is 12.3. The van der Waals surface area contributed by atoms with Crippen LogP contribution in [0.25, 0.3) is 10.8 Å². The lowest BCUT2D eigenvalue weighted by Gasteiger charge is -2.07. The van der Waals surface area contributed by atoms with Gasteiger partial charge in [-0.15, -0.1) is 0 Å². The molecule has 6 nitrogen and oxygen atoms in total. The fraction of sp³-hybridized carbons (Fsp3) is 0. The van der Waals surface area contributed by atoms with Gasteiger partial charge in [-0.05, 0) is 29.0 Å². The molecule has 2 rings (SSSR count). The summed E-state index contributed by atoms with van der Waals surface area (Å²) in [5.41, 5.74) is 5.03. The minimum atomic E-state index is -3.88. The maximum atomic E-state index is 11.3. The molecule has 0 spiro atoms. The Morgan fingerprint density at radius 1 is 1.17 bits per heavy atom. The zero-order valence-corrected chi connectivity index (χ0v) is 9.94. The van der Waals surface area contributed by atoms with Crippen molar-refractivity contribution in [2.75, 3.05) is 0 Å². The lowest BCUT2D eigenvalue weighted by atomic mass is 10.0. The van der Waals surface area contributed by atoms with Gasteiger partial charge in [-0.25, -0.2) is 13.6 Å². The minimum absolute atomic E-state index is 0.127. The van der Waals surface area contributed by atoms with E-state index in [0.717, 1.165) is 0 Å². The van der Waals surface area contributed by atoms with Crippen LogP contribution in [0.4, 0.5) is 0 Å². The van der Waals surface area contributed by atoms with Gasteiger partial charge in [0.25, 0.3) is 5.91 Å². The van der Waals surface area contributed by atoms with E-state index in [1.807, 2.05) is 0 Å². The van der Waals surface area contributed by atoms with Crippen LogP contribution in [-0.2, 0) is 10.0 Å². The predicted molar refractivity (Wildman–Crippen MR) is 65.5 cm³/mol. The summed E-state index contributed by atoms with van der Waals surface area (Å²) in [6, 6.07) is 6.88. The summed E-state index contributed by atoms with van der Waals surface area (Å²) < 4.78 is 22.5. The smallest absolute Gasteiger partial charge is 0.253 e. The van der Waals surface area contributed by atoms with E-state index >= 15 is 0 Å². The number of benzene rings is 2. The van der Waals surface area contributed by atoms with Crippen molar-refractivity contribution in [3.8, 4) is 5.75 Å². The molecule has 5 N–H and O–H groups in total. The topological polar surface area (TPSA) is 123 Å². The Kier molecular flexibility index (Phi) is 2.72. The van der Waals surface area contributed by atoms with Crippen molar-refractivity contribution in [2.24, 2.45) is 10.9 Å². The van der Waals surface area contributed by atoms with Crippen molar-refractivity contribution in [2.45, 2.75) is 4.90 Å². The lowest BCUT2D eigenvalue weighted by Crippen LogP contribution is -2.14. The average Bonchev–Trinajstić information content (AvgIpc) is 2.26. The lowest BCUT2D eigenvalue weighted by molar-refractivity contribution is 0.0999. The van der Waals surface area contributed by atoms with Crippen LogP contribution < -0.4 is 10.9 Å². The number of hydrogen-bond acceptors (Lipinski definition) is 4. The molecule has 94 valence electrons. The van der Waals surface area contributed by atoms with Crippen LogP contribution >= 0.6 is 0 Å². The van der Waals surface area contributed by atoms with Gasteiger partial charge in [0.05, 0.1) is 10.5 Å². The standard InChI is InChI=1S/C11H10N2O4S/c12-11(15)10-8-5-7(18(13,16)17)3-1-6(8)2-4-9(10)14/h1-5,14H,(H2,12,15)(H2,13,16,17). The number of fused-ring (bicyclic) bond motifs is 1. The molecule has 1 amide bonds. The van der Waals surface area contributed by atoms with Crippen LogP contribution in [0, 0.1) is 0 Å². The highest BCUT2D eigenvalue weighted by Crippen LogP contribution is 2.28. The Labute approximate surface area is 103 Å². The Bertz CT molecular complexity index is 753. The maximum absolute atomic E-state index is 11.3. The second kappa shape index (κ2) is 3.97. The molecule has 0 bridgehead atoms. The highest BCUT2D eigenvalue weighted by Gasteiger charge is 2.15. The minimum Gasteiger partial charge on any atom is -0.507 e. The molecule has 0 aliphatic carbocycles. The third kappa shape index (κ3) is 2.01. The van der Waals surface area contributed by atoms with Crippen molar-refractivity contribution in [1.82, 2.24) is 0 Å². The number of nitrogens with two attached hydrogens (primary N) is 2. The Balaban J connectivity index is 2.90. The molecule has 0 atom stereocenters. The summed E-state index contributed by atoms with van der Waals surface area (Å²) in [5.74, 6) is -1.15. The van der Waals surface area contributed by atoms with Crippen molar-refractivity contribution in [1.29, 1.82) is 0 Å². The summed E-state index contributed by atoms with van der Waals surface area (Å²) in [6.45, 7) is 0. The van der Waals surface area contributed by atoms with Gasteiger partial charge < -0.3 is 10.8 Å². The summed E-state index contributed by atoms with van der Waals surface area (Å²) in [6.07, 6.45) is 0. The van der Waals surface area contributed by atoms with Gasteiger partial charge in [0, 0.05) is 0 Å². The number of primary sulfonamides is 1. The first-order valence-electron chi connectivity index (χ1n) is 4.89. The SMILES string of the molecule is NC(=O)c1c(O)ccc2ccc(S(N)(=O)=O)cc12. The van der Waals surface area contributed by atoms with E-state index in [2.05, 4.69) is 0 Å². The van der Waals surface area contributed by atoms with Crippen LogP contribution in [-0.4, -0.2) is 19.4 Å². The Hall–Kier alpha value is -2.12. The van der Waals surface area contributed by atoms with Gasteiger partial charge in [0.1, 0.15) is 5.75 Å². The molecular weight excluding hydrogens is 256 g/mol. The van der Waals surface area contributed by atoms with Gasteiger partial charge in [-0.2, -0.15) is 0 Å². The fourth-order valence-electron chi connectivity index (χ4n) is 1.72. The van der Waals surface area contributed by atoms with E-state index in [1.54, 1.807) is 6.07 Å². The summed E-state index contributed by atoms with van der Waals surface area (Å²) in [5, 5.41) is 15.4. The Morgan fingerprint density at radius 3 is 2.33 bits per heavy atom. The highest BCUT2D eigenvalue weighted by molar-refractivity contribution is 7.89. The zero-order chi connectivity index (χ0) is 13.5. The van der Waals surface area contributed by atoms with Gasteiger partial charge in [-0.1, -0.05) is 12.1 Å². The molecule has 0 radical (unpaired) electrons. The molecule has 18 heavy (non-hydrogen) atoms. The highest BCUT2D eigenvalue weighted by atomic mass is 32.2. The first-order valence-corrected chi connectivity index (χ1v) is 6.43. The van der Waals surface area contributed by atoms with E-state index in [0.29, 0.717) is 5.39 Å². The molecule has 0 aliphatic rings. The van der Waals surface area contributed by atoms with Crippen LogP contribution in [0.15, 0.2) is 35.2 Å². The monoisotopic (exact) mass is 266 g/mol. The van der Waals surface area contributed by atoms with Crippen LogP contribution in [0.5, 0.6) is 5.75 Å². The molecule has 0 saturated heterocycles. The predicted octanol–water partition coefficient (Wildman–Crippen LogP) is 0.292. The maximum Gasteiger partial charge on any atom is 0.253 e. The normalized spacial score (nSPS) is 11.6. The first-order chi connectivity index (χ1) is 8.30. The number of carbonyl (C=O) groups excluding carboxylic acids is 1. The summed E-state index contributed by atoms with van der Waals surface area (Å²) in [4.78, 5) is 11.1. The molecule has 2 aromatic rings. The average molecular weight is 266 g/mol. The molecule has 0 aromatic heterocycles. The van der Waals surface area contributed by atoms with Crippen LogP contribution in [0.2, 0.25) is 0 Å². The van der Waals surface area contributed by atoms with Gasteiger partial charge in [0.2, 0.25) is 10.0 Å². The van der Waals surface area contributed by atoms with E-state index in [4.69, 9.17) is 10.9 Å². The second-order valence-corrected chi connectivity index (χ2v) is 5.31. The van der Waals surface area contributed by atoms with E-state index < -0.39 is 15.9 Å². The van der Waals surface area contributed by atoms with Crippen LogP contribution in [0.1, 0.15) is 10.4 Å². The molecule has 0 unspecified atom stereocenters. The van der Waals surface area contributed by atoms with Crippen LogP contribution in [0.3, 0.4) is 0 Å². The van der Waals surface area contributed by atoms with Crippen molar-refractivity contribution >= 4 is 26.7 Å². The Morgan fingerprint density at radius 2 is 1.78 bits per heavy atom. The molecule has 0 fully saturated rings. The van der Waals surface area contributed by atoms with Gasteiger partial charge in [0.15, 0.2) is 0 Å². The van der Waals surface area contributed by atoms with E-state index in [9.17, 15) is 18.3 Å².